The van der Waals surface area contributed by atoms with Gasteiger partial charge in [0.2, 0.25) is 0 Å². The molecule has 0 radical (unpaired) electrons. The summed E-state index contributed by atoms with van der Waals surface area (Å²) in [6, 6.07) is 2.33. The number of aryl methyl sites for hydroxylation is 1. The largest absolute Gasteiger partial charge is 0.309 e. The molecular weight excluding hydrogens is 232 g/mol. The van der Waals surface area contributed by atoms with Crippen molar-refractivity contribution in [2.45, 2.75) is 45.2 Å². The predicted octanol–water partition coefficient (Wildman–Crippen LogP) is 2.94. The third-order valence-corrected chi connectivity index (χ3v) is 3.89. The normalized spacial score (nSPS) is 11.5. The van der Waals surface area contributed by atoms with Crippen LogP contribution >= 0.6 is 11.8 Å². The first-order chi connectivity index (χ1) is 7.96. The fourth-order valence-corrected chi connectivity index (χ4v) is 2.36. The number of nitriles is 1. The van der Waals surface area contributed by atoms with Crippen LogP contribution in [0.15, 0.2) is 5.16 Å². The van der Waals surface area contributed by atoms with Crippen molar-refractivity contribution in [3.63, 3.8) is 0 Å². The molecule has 0 aliphatic carbocycles. The first-order valence-corrected chi connectivity index (χ1v) is 6.85. The van der Waals surface area contributed by atoms with Crippen LogP contribution in [0.2, 0.25) is 0 Å². The van der Waals surface area contributed by atoms with Gasteiger partial charge in [-0.3, -0.25) is 0 Å². The maximum atomic E-state index is 8.89. The minimum Gasteiger partial charge on any atom is -0.309 e. The average molecular weight is 252 g/mol. The Morgan fingerprint density at radius 3 is 2.59 bits per heavy atom. The highest BCUT2D eigenvalue weighted by Crippen LogP contribution is 2.23. The molecule has 1 rings (SSSR count). The molecule has 0 amide bonds. The zero-order valence-corrected chi connectivity index (χ0v) is 11.8. The molecule has 1 heterocycles. The summed E-state index contributed by atoms with van der Waals surface area (Å²) in [5.41, 5.74) is -0.188. The molecule has 0 bridgehead atoms. The van der Waals surface area contributed by atoms with E-state index in [4.69, 9.17) is 5.26 Å². The Hall–Kier alpha value is -1.02. The van der Waals surface area contributed by atoms with E-state index in [0.717, 1.165) is 36.0 Å². The molecule has 0 aliphatic heterocycles. The molecular formula is C12H20N4S. The van der Waals surface area contributed by atoms with Gasteiger partial charge in [0.15, 0.2) is 5.16 Å². The molecule has 0 aliphatic rings. The summed E-state index contributed by atoms with van der Waals surface area (Å²) in [6.07, 6.45) is 3.16. The second kappa shape index (κ2) is 6.06. The van der Waals surface area contributed by atoms with Crippen LogP contribution in [0.4, 0.5) is 0 Å². The highest BCUT2D eigenvalue weighted by molar-refractivity contribution is 7.99. The van der Waals surface area contributed by atoms with Crippen molar-refractivity contribution in [1.82, 2.24) is 14.8 Å². The van der Waals surface area contributed by atoms with Gasteiger partial charge in [-0.25, -0.2) is 0 Å². The van der Waals surface area contributed by atoms with Crippen molar-refractivity contribution >= 4 is 11.8 Å². The fraction of sp³-hybridized carbons (Fsp3) is 0.750. The molecule has 0 atom stereocenters. The number of unbranched alkanes of at least 4 members (excludes halogenated alkanes) is 1. The second-order valence-electron chi connectivity index (χ2n) is 4.89. The van der Waals surface area contributed by atoms with Crippen molar-refractivity contribution in [2.75, 3.05) is 5.75 Å². The fourth-order valence-electron chi connectivity index (χ4n) is 1.40. The van der Waals surface area contributed by atoms with E-state index in [-0.39, 0.29) is 5.41 Å². The number of aromatic nitrogens is 3. The predicted molar refractivity (Wildman–Crippen MR) is 69.7 cm³/mol. The Balaban J connectivity index is 2.22. The van der Waals surface area contributed by atoms with E-state index in [1.807, 2.05) is 32.4 Å². The van der Waals surface area contributed by atoms with E-state index in [2.05, 4.69) is 16.3 Å². The van der Waals surface area contributed by atoms with Gasteiger partial charge in [0.05, 0.1) is 11.5 Å². The molecule has 1 aromatic heterocycles. The van der Waals surface area contributed by atoms with E-state index < -0.39 is 0 Å². The van der Waals surface area contributed by atoms with Crippen LogP contribution in [0.1, 0.15) is 38.9 Å². The van der Waals surface area contributed by atoms with Gasteiger partial charge in [-0.2, -0.15) is 5.26 Å². The maximum absolute atomic E-state index is 8.89. The first kappa shape index (κ1) is 14.0. The topological polar surface area (TPSA) is 54.5 Å². The number of hydrogen-bond acceptors (Lipinski definition) is 4. The highest BCUT2D eigenvalue weighted by atomic mass is 32.2. The van der Waals surface area contributed by atoms with E-state index in [0.29, 0.717) is 0 Å². The number of rotatable bonds is 6. The third kappa shape index (κ3) is 4.39. The molecule has 0 unspecified atom stereocenters. The Morgan fingerprint density at radius 2 is 2.06 bits per heavy atom. The molecule has 4 nitrogen and oxygen atoms in total. The van der Waals surface area contributed by atoms with Crippen molar-refractivity contribution in [1.29, 1.82) is 5.26 Å². The Labute approximate surface area is 107 Å². The minimum absolute atomic E-state index is 0.188. The van der Waals surface area contributed by atoms with Gasteiger partial charge in [0, 0.05) is 12.8 Å². The van der Waals surface area contributed by atoms with Gasteiger partial charge < -0.3 is 4.57 Å². The SMILES string of the molecule is Cc1nnc(SCCCCC(C)(C)C#N)n1C. The summed E-state index contributed by atoms with van der Waals surface area (Å²) >= 11 is 1.73. The molecule has 0 saturated carbocycles. The Bertz CT molecular complexity index is 403. The summed E-state index contributed by atoms with van der Waals surface area (Å²) < 4.78 is 2.00. The zero-order chi connectivity index (χ0) is 12.9. The highest BCUT2D eigenvalue weighted by Gasteiger charge is 2.15. The lowest BCUT2D eigenvalue weighted by molar-refractivity contribution is 0.433. The van der Waals surface area contributed by atoms with Crippen LogP contribution in [0.3, 0.4) is 0 Å². The van der Waals surface area contributed by atoms with Crippen molar-refractivity contribution in [3.8, 4) is 6.07 Å². The van der Waals surface area contributed by atoms with Gasteiger partial charge in [-0.15, -0.1) is 10.2 Å². The minimum atomic E-state index is -0.188. The lowest BCUT2D eigenvalue weighted by Gasteiger charge is -2.13. The summed E-state index contributed by atoms with van der Waals surface area (Å²) in [7, 11) is 1.98. The van der Waals surface area contributed by atoms with E-state index in [1.165, 1.54) is 0 Å². The number of nitrogens with zero attached hydrogens (tertiary/aromatic N) is 4. The van der Waals surface area contributed by atoms with Gasteiger partial charge in [0.1, 0.15) is 5.82 Å². The molecule has 1 aromatic rings. The molecule has 5 heteroatoms. The van der Waals surface area contributed by atoms with E-state index in [1.54, 1.807) is 11.8 Å². The van der Waals surface area contributed by atoms with Crippen molar-refractivity contribution in [2.24, 2.45) is 12.5 Å². The van der Waals surface area contributed by atoms with E-state index >= 15 is 0 Å². The summed E-state index contributed by atoms with van der Waals surface area (Å²) in [4.78, 5) is 0. The third-order valence-electron chi connectivity index (χ3n) is 2.78. The smallest absolute Gasteiger partial charge is 0.190 e. The maximum Gasteiger partial charge on any atom is 0.190 e. The molecule has 94 valence electrons. The van der Waals surface area contributed by atoms with Crippen molar-refractivity contribution < 1.29 is 0 Å². The van der Waals surface area contributed by atoms with E-state index in [9.17, 15) is 0 Å². The van der Waals surface area contributed by atoms with Crippen LogP contribution < -0.4 is 0 Å². The monoisotopic (exact) mass is 252 g/mol. The second-order valence-corrected chi connectivity index (χ2v) is 5.95. The Kier molecular flexibility index (Phi) is 5.01. The zero-order valence-electron chi connectivity index (χ0n) is 11.0. The molecule has 0 aromatic carbocycles. The standard InChI is InChI=1S/C12H20N4S/c1-10-14-15-11(16(10)4)17-8-6-5-7-12(2,3)9-13/h5-8H2,1-4H3. The van der Waals surface area contributed by atoms with Gasteiger partial charge in [0.25, 0.3) is 0 Å². The van der Waals surface area contributed by atoms with Crippen LogP contribution in [-0.4, -0.2) is 20.5 Å². The molecule has 0 fully saturated rings. The average Bonchev–Trinajstić information content (AvgIpc) is 2.60. The van der Waals surface area contributed by atoms with Gasteiger partial charge >= 0.3 is 0 Å². The first-order valence-electron chi connectivity index (χ1n) is 5.86. The van der Waals surface area contributed by atoms with Crippen molar-refractivity contribution in [3.05, 3.63) is 5.82 Å². The lowest BCUT2D eigenvalue weighted by Crippen LogP contribution is -2.07. The van der Waals surface area contributed by atoms with Crippen LogP contribution in [0, 0.1) is 23.7 Å². The quantitative estimate of drug-likeness (QED) is 0.577. The Morgan fingerprint density at radius 1 is 1.35 bits per heavy atom. The van der Waals surface area contributed by atoms with Crippen LogP contribution in [-0.2, 0) is 7.05 Å². The summed E-state index contributed by atoms with van der Waals surface area (Å²) in [5.74, 6) is 1.98. The summed E-state index contributed by atoms with van der Waals surface area (Å²) in [6.45, 7) is 5.94. The number of thioether (sulfide) groups is 1. The van der Waals surface area contributed by atoms with Gasteiger partial charge in [-0.05, 0) is 33.6 Å². The van der Waals surface area contributed by atoms with Gasteiger partial charge in [-0.1, -0.05) is 18.2 Å². The number of hydrogen-bond donors (Lipinski definition) is 0. The lowest BCUT2D eigenvalue weighted by atomic mass is 9.89. The molecule has 0 N–H and O–H groups in total. The molecule has 0 spiro atoms. The molecule has 0 saturated heterocycles. The van der Waals surface area contributed by atoms with Crippen LogP contribution in [0.25, 0.3) is 0 Å². The van der Waals surface area contributed by atoms with Crippen LogP contribution in [0.5, 0.6) is 0 Å². The summed E-state index contributed by atoms with van der Waals surface area (Å²) in [5, 5.41) is 18.0. The molecule has 17 heavy (non-hydrogen) atoms.